The van der Waals surface area contributed by atoms with Crippen LogP contribution >= 0.6 is 0 Å². The highest BCUT2D eigenvalue weighted by Crippen LogP contribution is 2.37. The number of anilines is 1. The van der Waals surface area contributed by atoms with Gasteiger partial charge in [0, 0.05) is 6.20 Å². The zero-order valence-electron chi connectivity index (χ0n) is 16.4. The molecule has 1 aliphatic rings. The van der Waals surface area contributed by atoms with Gasteiger partial charge in [-0.15, -0.1) is 0 Å². The molecule has 0 fully saturated rings. The molecule has 0 unspecified atom stereocenters. The summed E-state index contributed by atoms with van der Waals surface area (Å²) < 4.78 is 15.9. The number of carbonyl (C=O) groups is 2. The third kappa shape index (κ3) is 4.21. The van der Waals surface area contributed by atoms with Crippen LogP contribution in [0.15, 0.2) is 84.2 Å². The van der Waals surface area contributed by atoms with Crippen molar-refractivity contribution in [2.45, 2.75) is 6.92 Å². The van der Waals surface area contributed by atoms with Gasteiger partial charge in [-0.1, -0.05) is 36.4 Å². The maximum Gasteiger partial charge on any atom is 0.355 e. The van der Waals surface area contributed by atoms with Crippen molar-refractivity contribution < 1.29 is 23.8 Å². The van der Waals surface area contributed by atoms with E-state index in [-0.39, 0.29) is 11.3 Å². The highest BCUT2D eigenvalue weighted by molar-refractivity contribution is 6.05. The first-order valence-electron chi connectivity index (χ1n) is 8.94. The summed E-state index contributed by atoms with van der Waals surface area (Å²) in [5.74, 6) is -0.118. The summed E-state index contributed by atoms with van der Waals surface area (Å²) in [5.41, 5.74) is 1.65. The second-order valence-corrected chi connectivity index (χ2v) is 6.15. The molecule has 0 aliphatic carbocycles. The molecule has 1 aliphatic heterocycles. The molecule has 2 aromatic carbocycles. The van der Waals surface area contributed by atoms with Gasteiger partial charge in [0.25, 0.3) is 0 Å². The van der Waals surface area contributed by atoms with Crippen molar-refractivity contribution in [3.8, 4) is 11.5 Å². The number of esters is 2. The molecule has 1 heterocycles. The fraction of sp³-hybridized carbons (Fsp3) is 0.130. The minimum Gasteiger partial charge on any atom is -0.465 e. The number of methoxy groups -OCH3 is 2. The largest absolute Gasteiger partial charge is 0.465 e. The van der Waals surface area contributed by atoms with Gasteiger partial charge in [0.05, 0.1) is 25.5 Å². The molecule has 6 heteroatoms. The predicted octanol–water partition coefficient (Wildman–Crippen LogP) is 4.28. The first kappa shape index (κ1) is 19.9. The topological polar surface area (TPSA) is 65.1 Å². The molecule has 29 heavy (non-hydrogen) atoms. The number of hydrogen-bond donors (Lipinski definition) is 0. The Hall–Kier alpha value is -3.80. The first-order valence-corrected chi connectivity index (χ1v) is 8.94. The van der Waals surface area contributed by atoms with E-state index in [1.54, 1.807) is 35.4 Å². The lowest BCUT2D eigenvalue weighted by atomic mass is 10.1. The standard InChI is InChI=1S/C23H21NO5/c1-16-10-4-6-13-19(16)29-20-14-7-5-12-18(20)24-15-9-8-11-17(22(25)27-2)21(24)23(26)28-3/h4-15H,1-3H3. The fourth-order valence-corrected chi connectivity index (χ4v) is 2.88. The monoisotopic (exact) mass is 391 g/mol. The molecule has 6 nitrogen and oxygen atoms in total. The molecule has 0 aromatic heterocycles. The Balaban J connectivity index is 2.14. The zero-order valence-corrected chi connectivity index (χ0v) is 16.4. The van der Waals surface area contributed by atoms with E-state index in [0.29, 0.717) is 17.2 Å². The van der Waals surface area contributed by atoms with Crippen LogP contribution in [-0.2, 0) is 19.1 Å². The smallest absolute Gasteiger partial charge is 0.355 e. The fourth-order valence-electron chi connectivity index (χ4n) is 2.88. The van der Waals surface area contributed by atoms with E-state index in [9.17, 15) is 9.59 Å². The lowest BCUT2D eigenvalue weighted by Gasteiger charge is -2.25. The molecule has 0 amide bonds. The summed E-state index contributed by atoms with van der Waals surface area (Å²) in [6.45, 7) is 1.95. The van der Waals surface area contributed by atoms with Gasteiger partial charge in [0.1, 0.15) is 11.4 Å². The van der Waals surface area contributed by atoms with Crippen molar-refractivity contribution in [3.05, 3.63) is 89.8 Å². The van der Waals surface area contributed by atoms with Gasteiger partial charge in [-0.3, -0.25) is 0 Å². The number of ether oxygens (including phenoxy) is 3. The van der Waals surface area contributed by atoms with Crippen molar-refractivity contribution in [1.82, 2.24) is 0 Å². The van der Waals surface area contributed by atoms with E-state index in [1.807, 2.05) is 43.3 Å². The molecule has 3 rings (SSSR count). The number of rotatable bonds is 5. The number of benzene rings is 2. The molecule has 0 atom stereocenters. The lowest BCUT2D eigenvalue weighted by Crippen LogP contribution is -2.27. The molecule has 0 spiro atoms. The van der Waals surface area contributed by atoms with Gasteiger partial charge in [0.2, 0.25) is 0 Å². The van der Waals surface area contributed by atoms with Crippen molar-refractivity contribution in [3.63, 3.8) is 0 Å². The number of aryl methyl sites for hydroxylation is 1. The van der Waals surface area contributed by atoms with Gasteiger partial charge >= 0.3 is 11.9 Å². The Kier molecular flexibility index (Phi) is 6.14. The van der Waals surface area contributed by atoms with E-state index in [1.165, 1.54) is 20.3 Å². The molecule has 0 saturated heterocycles. The van der Waals surface area contributed by atoms with E-state index in [0.717, 1.165) is 5.56 Å². The van der Waals surface area contributed by atoms with Crippen LogP contribution in [0.2, 0.25) is 0 Å². The van der Waals surface area contributed by atoms with Gasteiger partial charge in [0.15, 0.2) is 5.75 Å². The molecule has 148 valence electrons. The highest BCUT2D eigenvalue weighted by Gasteiger charge is 2.29. The Morgan fingerprint density at radius 2 is 1.48 bits per heavy atom. The van der Waals surface area contributed by atoms with Crippen LogP contribution in [0.4, 0.5) is 5.69 Å². The zero-order chi connectivity index (χ0) is 20.8. The Morgan fingerprint density at radius 3 is 2.17 bits per heavy atom. The first-order chi connectivity index (χ1) is 14.1. The van der Waals surface area contributed by atoms with Gasteiger partial charge in [-0.25, -0.2) is 9.59 Å². The molecular weight excluding hydrogens is 370 g/mol. The second kappa shape index (κ2) is 8.93. The molecule has 0 radical (unpaired) electrons. The highest BCUT2D eigenvalue weighted by atomic mass is 16.5. The normalized spacial score (nSPS) is 13.1. The van der Waals surface area contributed by atoms with Crippen molar-refractivity contribution in [2.75, 3.05) is 19.1 Å². The summed E-state index contributed by atoms with van der Waals surface area (Å²) in [7, 11) is 2.52. The molecule has 0 saturated carbocycles. The molecule has 0 N–H and O–H groups in total. The average molecular weight is 391 g/mol. The third-order valence-corrected chi connectivity index (χ3v) is 4.33. The summed E-state index contributed by atoms with van der Waals surface area (Å²) in [6, 6.07) is 14.9. The summed E-state index contributed by atoms with van der Waals surface area (Å²) in [5, 5.41) is 0. The van der Waals surface area contributed by atoms with Crippen molar-refractivity contribution in [2.24, 2.45) is 0 Å². The van der Waals surface area contributed by atoms with Crippen molar-refractivity contribution in [1.29, 1.82) is 0 Å². The van der Waals surface area contributed by atoms with Crippen LogP contribution in [0.25, 0.3) is 0 Å². The second-order valence-electron chi connectivity index (χ2n) is 6.15. The third-order valence-electron chi connectivity index (χ3n) is 4.33. The number of carbonyl (C=O) groups excluding carboxylic acids is 2. The minimum absolute atomic E-state index is 0.0326. The van der Waals surface area contributed by atoms with Gasteiger partial charge in [-0.2, -0.15) is 0 Å². The van der Waals surface area contributed by atoms with Crippen LogP contribution < -0.4 is 9.64 Å². The van der Waals surface area contributed by atoms with E-state index in [2.05, 4.69) is 0 Å². The van der Waals surface area contributed by atoms with Crippen LogP contribution in [0, 0.1) is 6.92 Å². The number of allylic oxidation sites excluding steroid dienone is 2. The summed E-state index contributed by atoms with van der Waals surface area (Å²) in [6.07, 6.45) is 6.54. The quantitative estimate of drug-likeness (QED) is 0.709. The van der Waals surface area contributed by atoms with Gasteiger partial charge in [-0.05, 0) is 42.8 Å². The minimum atomic E-state index is -0.674. The summed E-state index contributed by atoms with van der Waals surface area (Å²) >= 11 is 0. The van der Waals surface area contributed by atoms with E-state index >= 15 is 0 Å². The Bertz CT molecular complexity index is 1020. The van der Waals surface area contributed by atoms with E-state index < -0.39 is 11.9 Å². The predicted molar refractivity (Wildman–Crippen MR) is 110 cm³/mol. The Morgan fingerprint density at radius 1 is 0.828 bits per heavy atom. The number of hydrogen-bond acceptors (Lipinski definition) is 6. The SMILES string of the molecule is COC(=O)C1=C(C(=O)OC)N(c2ccccc2Oc2ccccc2C)C=CC=C1. The van der Waals surface area contributed by atoms with Crippen LogP contribution in [-0.4, -0.2) is 26.2 Å². The maximum absolute atomic E-state index is 12.6. The lowest BCUT2D eigenvalue weighted by molar-refractivity contribution is -0.139. The summed E-state index contributed by atoms with van der Waals surface area (Å²) in [4.78, 5) is 26.5. The number of para-hydroxylation sites is 3. The van der Waals surface area contributed by atoms with Crippen LogP contribution in [0.1, 0.15) is 5.56 Å². The van der Waals surface area contributed by atoms with Crippen LogP contribution in [0.5, 0.6) is 11.5 Å². The molecular formula is C23H21NO5. The Labute approximate surface area is 169 Å². The van der Waals surface area contributed by atoms with Crippen molar-refractivity contribution >= 4 is 17.6 Å². The van der Waals surface area contributed by atoms with Crippen LogP contribution in [0.3, 0.4) is 0 Å². The molecule has 2 aromatic rings. The molecule has 0 bridgehead atoms. The van der Waals surface area contributed by atoms with E-state index in [4.69, 9.17) is 14.2 Å². The van der Waals surface area contributed by atoms with Gasteiger partial charge < -0.3 is 19.1 Å². The maximum atomic E-state index is 12.6. The number of nitrogens with zero attached hydrogens (tertiary/aromatic N) is 1. The average Bonchev–Trinajstić information content (AvgIpc) is 2.97.